The summed E-state index contributed by atoms with van der Waals surface area (Å²) >= 11 is 1.50. The smallest absolute Gasteiger partial charge is 0.270 e. The Morgan fingerprint density at radius 3 is 3.17 bits per heavy atom. The van der Waals surface area contributed by atoms with Gasteiger partial charge in [-0.3, -0.25) is 9.20 Å². The minimum Gasteiger partial charge on any atom is -0.493 e. The average molecular weight is 339 g/mol. The standard InChI is InChI=1S/C16H13N5O2S/c1-9-2-3-12-11(6-9)14(15(23)18-12)20-19-13(22)7-10-8-21-4-5-24-16(21)17-10/h2-6,8,18,23H,7H2,1H3. The average Bonchev–Trinajstić information content (AvgIpc) is 3.18. The second-order valence-electron chi connectivity index (χ2n) is 5.47. The van der Waals surface area contributed by atoms with Crippen molar-refractivity contribution in [2.24, 2.45) is 10.2 Å². The number of H-pyrrole nitrogens is 1. The number of imidazole rings is 1. The second kappa shape index (κ2) is 5.57. The number of amides is 1. The van der Waals surface area contributed by atoms with Crippen molar-refractivity contribution in [1.29, 1.82) is 0 Å². The molecule has 0 saturated carbocycles. The van der Waals surface area contributed by atoms with Crippen molar-refractivity contribution in [2.75, 3.05) is 0 Å². The van der Waals surface area contributed by atoms with E-state index in [1.165, 1.54) is 11.3 Å². The van der Waals surface area contributed by atoms with E-state index in [4.69, 9.17) is 0 Å². The van der Waals surface area contributed by atoms with Crippen LogP contribution in [0.4, 0.5) is 5.69 Å². The SMILES string of the molecule is Cc1ccc2[nH]c(O)c(N=NC(=O)Cc3cn4ccsc4n3)c2c1. The zero-order valence-electron chi connectivity index (χ0n) is 12.7. The molecule has 0 fully saturated rings. The number of rotatable bonds is 3. The maximum Gasteiger partial charge on any atom is 0.270 e. The third-order valence-corrected chi connectivity index (χ3v) is 4.42. The van der Waals surface area contributed by atoms with Crippen molar-refractivity contribution in [3.05, 3.63) is 47.2 Å². The summed E-state index contributed by atoms with van der Waals surface area (Å²) in [5.41, 5.74) is 2.69. The first-order valence-electron chi connectivity index (χ1n) is 7.27. The zero-order chi connectivity index (χ0) is 16.7. The van der Waals surface area contributed by atoms with Gasteiger partial charge in [0.25, 0.3) is 5.91 Å². The van der Waals surface area contributed by atoms with Gasteiger partial charge in [-0.25, -0.2) is 4.98 Å². The highest BCUT2D eigenvalue weighted by atomic mass is 32.1. The molecule has 0 spiro atoms. The number of aromatic amines is 1. The molecular weight excluding hydrogens is 326 g/mol. The summed E-state index contributed by atoms with van der Waals surface area (Å²) in [5.74, 6) is -0.517. The molecule has 2 N–H and O–H groups in total. The molecule has 0 unspecified atom stereocenters. The molecule has 3 aromatic heterocycles. The summed E-state index contributed by atoms with van der Waals surface area (Å²) < 4.78 is 1.86. The number of carbonyl (C=O) groups excluding carboxylic acids is 1. The lowest BCUT2D eigenvalue weighted by atomic mass is 10.2. The van der Waals surface area contributed by atoms with E-state index in [1.54, 1.807) is 6.20 Å². The van der Waals surface area contributed by atoms with Crippen LogP contribution in [0.3, 0.4) is 0 Å². The van der Waals surface area contributed by atoms with E-state index < -0.39 is 5.91 Å². The topological polar surface area (TPSA) is 95.1 Å². The Labute approximate surface area is 140 Å². The fourth-order valence-electron chi connectivity index (χ4n) is 2.54. The predicted molar refractivity (Wildman–Crippen MR) is 91.0 cm³/mol. The number of nitrogens with one attached hydrogen (secondary N) is 1. The number of carbonyl (C=O) groups is 1. The first-order valence-corrected chi connectivity index (χ1v) is 8.15. The van der Waals surface area contributed by atoms with Gasteiger partial charge in [0, 0.05) is 23.2 Å². The molecule has 7 nitrogen and oxygen atoms in total. The first-order chi connectivity index (χ1) is 11.6. The second-order valence-corrected chi connectivity index (χ2v) is 6.34. The van der Waals surface area contributed by atoms with Crippen molar-refractivity contribution in [3.8, 4) is 5.88 Å². The van der Waals surface area contributed by atoms with Gasteiger partial charge in [0.05, 0.1) is 17.6 Å². The molecule has 0 saturated heterocycles. The highest BCUT2D eigenvalue weighted by Gasteiger charge is 2.12. The lowest BCUT2D eigenvalue weighted by Gasteiger charge is -1.94. The molecule has 4 rings (SSSR count). The zero-order valence-corrected chi connectivity index (χ0v) is 13.5. The van der Waals surface area contributed by atoms with Crippen LogP contribution in [0.1, 0.15) is 11.3 Å². The first kappa shape index (κ1) is 14.6. The van der Waals surface area contributed by atoms with Crippen molar-refractivity contribution in [2.45, 2.75) is 13.3 Å². The van der Waals surface area contributed by atoms with Crippen LogP contribution < -0.4 is 0 Å². The van der Waals surface area contributed by atoms with E-state index in [0.717, 1.165) is 21.4 Å². The van der Waals surface area contributed by atoms with Crippen LogP contribution in [0, 0.1) is 6.92 Å². The molecule has 0 atom stereocenters. The monoisotopic (exact) mass is 339 g/mol. The Morgan fingerprint density at radius 2 is 2.33 bits per heavy atom. The van der Waals surface area contributed by atoms with Crippen molar-refractivity contribution >= 4 is 38.8 Å². The number of hydrogen-bond donors (Lipinski definition) is 2. The van der Waals surface area contributed by atoms with Gasteiger partial charge < -0.3 is 10.1 Å². The van der Waals surface area contributed by atoms with E-state index in [-0.39, 0.29) is 18.0 Å². The number of aromatic hydroxyl groups is 1. The molecule has 0 aliphatic heterocycles. The van der Waals surface area contributed by atoms with E-state index >= 15 is 0 Å². The largest absolute Gasteiger partial charge is 0.493 e. The van der Waals surface area contributed by atoms with E-state index in [9.17, 15) is 9.90 Å². The normalized spacial score (nSPS) is 11.9. The summed E-state index contributed by atoms with van der Waals surface area (Å²) in [7, 11) is 0. The van der Waals surface area contributed by atoms with E-state index in [1.807, 2.05) is 41.1 Å². The van der Waals surface area contributed by atoms with Crippen LogP contribution in [-0.4, -0.2) is 25.4 Å². The van der Waals surface area contributed by atoms with Crippen molar-refractivity contribution < 1.29 is 9.90 Å². The molecule has 1 amide bonds. The highest BCUT2D eigenvalue weighted by Crippen LogP contribution is 2.35. The number of benzene rings is 1. The van der Waals surface area contributed by atoms with Crippen molar-refractivity contribution in [1.82, 2.24) is 14.4 Å². The van der Waals surface area contributed by atoms with Crippen LogP contribution >= 0.6 is 11.3 Å². The molecule has 120 valence electrons. The maximum atomic E-state index is 12.0. The van der Waals surface area contributed by atoms with Gasteiger partial charge in [0.2, 0.25) is 5.88 Å². The Bertz CT molecular complexity index is 1060. The van der Waals surface area contributed by atoms with Gasteiger partial charge in [-0.15, -0.1) is 21.6 Å². The van der Waals surface area contributed by atoms with E-state index in [2.05, 4.69) is 20.2 Å². The van der Waals surface area contributed by atoms with Gasteiger partial charge in [-0.05, 0) is 19.1 Å². The number of fused-ring (bicyclic) bond motifs is 2. The summed E-state index contributed by atoms with van der Waals surface area (Å²) in [4.78, 5) is 20.0. The number of aryl methyl sites for hydroxylation is 1. The summed E-state index contributed by atoms with van der Waals surface area (Å²) in [6, 6.07) is 5.66. The molecule has 0 radical (unpaired) electrons. The Balaban J connectivity index is 1.58. The molecule has 4 aromatic rings. The number of thiazole rings is 1. The van der Waals surface area contributed by atoms with Crippen LogP contribution in [-0.2, 0) is 11.2 Å². The third kappa shape index (κ3) is 2.56. The fourth-order valence-corrected chi connectivity index (χ4v) is 3.25. The minimum atomic E-state index is -0.415. The number of aromatic nitrogens is 3. The lowest BCUT2D eigenvalue weighted by Crippen LogP contribution is -1.98. The number of azo groups is 1. The molecule has 24 heavy (non-hydrogen) atoms. The highest BCUT2D eigenvalue weighted by molar-refractivity contribution is 7.15. The minimum absolute atomic E-state index is 0.0695. The number of hydrogen-bond acceptors (Lipinski definition) is 5. The van der Waals surface area contributed by atoms with Gasteiger partial charge in [0.15, 0.2) is 10.6 Å². The molecule has 0 bridgehead atoms. The third-order valence-electron chi connectivity index (χ3n) is 3.64. The quantitative estimate of drug-likeness (QED) is 0.557. The van der Waals surface area contributed by atoms with Crippen LogP contribution in [0.25, 0.3) is 15.9 Å². The maximum absolute atomic E-state index is 12.0. The Morgan fingerprint density at radius 1 is 1.46 bits per heavy atom. The molecule has 8 heteroatoms. The van der Waals surface area contributed by atoms with Crippen LogP contribution in [0.2, 0.25) is 0 Å². The lowest BCUT2D eigenvalue weighted by molar-refractivity contribution is -0.117. The van der Waals surface area contributed by atoms with Gasteiger partial charge in [0.1, 0.15) is 0 Å². The molecular formula is C16H13N5O2S. The Hall–Kier alpha value is -3.00. The molecule has 1 aromatic carbocycles. The predicted octanol–water partition coefficient (Wildman–Crippen LogP) is 3.74. The summed E-state index contributed by atoms with van der Waals surface area (Å²) in [6.07, 6.45) is 3.75. The van der Waals surface area contributed by atoms with Gasteiger partial charge in [-0.2, -0.15) is 0 Å². The number of nitrogens with zero attached hydrogens (tertiary/aromatic N) is 4. The Kier molecular flexibility index (Phi) is 3.39. The van der Waals surface area contributed by atoms with E-state index in [0.29, 0.717) is 5.69 Å². The van der Waals surface area contributed by atoms with Crippen LogP contribution in [0.15, 0.2) is 46.2 Å². The molecule has 0 aliphatic carbocycles. The molecule has 0 aliphatic rings. The molecule has 3 heterocycles. The van der Waals surface area contributed by atoms with Gasteiger partial charge in [-0.1, -0.05) is 11.6 Å². The van der Waals surface area contributed by atoms with Crippen molar-refractivity contribution in [3.63, 3.8) is 0 Å². The summed E-state index contributed by atoms with van der Waals surface area (Å²) in [6.45, 7) is 1.94. The summed E-state index contributed by atoms with van der Waals surface area (Å²) in [5, 5.41) is 20.3. The van der Waals surface area contributed by atoms with Gasteiger partial charge >= 0.3 is 0 Å². The fraction of sp³-hybridized carbons (Fsp3) is 0.125. The van der Waals surface area contributed by atoms with Crippen LogP contribution in [0.5, 0.6) is 5.88 Å².